The Morgan fingerprint density at radius 3 is 2.15 bits per heavy atom. The van der Waals surface area contributed by atoms with Crippen LogP contribution >= 0.6 is 0 Å². The number of halogens is 3. The average Bonchev–Trinajstić information content (AvgIpc) is 3.31. The first-order valence-corrected chi connectivity index (χ1v) is 12.3. The van der Waals surface area contributed by atoms with Crippen molar-refractivity contribution in [1.82, 2.24) is 15.0 Å². The van der Waals surface area contributed by atoms with Gasteiger partial charge in [-0.3, -0.25) is 4.79 Å². The second-order valence-corrected chi connectivity index (χ2v) is 9.14. The number of hydrogen-bond donors (Lipinski definition) is 1. The molecule has 1 N–H and O–H groups in total. The number of alkyl halides is 3. The maximum Gasteiger partial charge on any atom is 0.573 e. The van der Waals surface area contributed by atoms with Gasteiger partial charge in [0.25, 0.3) is 0 Å². The van der Waals surface area contributed by atoms with Gasteiger partial charge in [0.1, 0.15) is 17.2 Å². The maximum atomic E-state index is 12.6. The van der Waals surface area contributed by atoms with Crippen LogP contribution < -0.4 is 14.2 Å². The number of carboxylic acid groups (broad SMARTS) is 1. The first-order chi connectivity index (χ1) is 19.0. The highest BCUT2D eigenvalue weighted by atomic mass is 19.4. The second-order valence-electron chi connectivity index (χ2n) is 9.14. The van der Waals surface area contributed by atoms with Gasteiger partial charge in [-0.15, -0.1) is 13.2 Å². The van der Waals surface area contributed by atoms with Gasteiger partial charge >= 0.3 is 18.3 Å². The molecule has 2 aromatic carbocycles. The predicted molar refractivity (Wildman–Crippen MR) is 137 cm³/mol. The van der Waals surface area contributed by atoms with E-state index in [1.165, 1.54) is 36.7 Å². The molecule has 0 aliphatic carbocycles. The van der Waals surface area contributed by atoms with Crippen LogP contribution in [-0.2, 0) is 11.4 Å². The molecule has 0 radical (unpaired) electrons. The highest BCUT2D eigenvalue weighted by molar-refractivity contribution is 5.76. The molecule has 2 aromatic heterocycles. The van der Waals surface area contributed by atoms with Gasteiger partial charge in [-0.25, -0.2) is 15.0 Å². The van der Waals surface area contributed by atoms with Crippen molar-refractivity contribution in [3.8, 4) is 40.1 Å². The van der Waals surface area contributed by atoms with E-state index in [1.54, 1.807) is 24.3 Å². The van der Waals surface area contributed by atoms with Crippen molar-refractivity contribution >= 4 is 5.97 Å². The normalized spacial score (nSPS) is 12.3. The van der Waals surface area contributed by atoms with Crippen molar-refractivity contribution in [3.05, 3.63) is 72.4 Å². The summed E-state index contributed by atoms with van der Waals surface area (Å²) in [5, 5.41) is 9.00. The predicted octanol–water partition coefficient (Wildman–Crippen LogP) is 6.64. The minimum absolute atomic E-state index is 0.0136. The number of benzene rings is 2. The molecule has 0 saturated heterocycles. The summed E-state index contributed by atoms with van der Waals surface area (Å²) in [7, 11) is 0. The lowest BCUT2D eigenvalue weighted by atomic mass is 9.98. The Balaban J connectivity index is 1.58. The summed E-state index contributed by atoms with van der Waals surface area (Å²) in [4.78, 5) is 23.9. The quantitative estimate of drug-likeness (QED) is 0.216. The van der Waals surface area contributed by atoms with E-state index >= 15 is 0 Å². The molecule has 0 aliphatic heterocycles. The largest absolute Gasteiger partial charge is 0.573 e. The van der Waals surface area contributed by atoms with Crippen molar-refractivity contribution in [2.75, 3.05) is 0 Å². The van der Waals surface area contributed by atoms with E-state index in [9.17, 15) is 18.0 Å². The molecule has 0 spiro atoms. The summed E-state index contributed by atoms with van der Waals surface area (Å²) in [6.07, 6.45) is -1.90. The van der Waals surface area contributed by atoms with Crippen molar-refractivity contribution in [3.63, 3.8) is 0 Å². The van der Waals surface area contributed by atoms with E-state index in [0.29, 0.717) is 22.6 Å². The van der Waals surface area contributed by atoms with Gasteiger partial charge in [0, 0.05) is 23.5 Å². The molecular formula is C28H26F3N3O6. The molecule has 0 saturated carbocycles. The molecule has 12 heteroatoms. The van der Waals surface area contributed by atoms with Gasteiger partial charge in [0.05, 0.1) is 12.5 Å². The topological polar surface area (TPSA) is 117 Å². The standard InChI is InChI=1S/C28H26F3N3O6/c1-16(2)38-27-32-13-20(14-33-27)25-26(19-6-10-22(11-7-19)40-28(29,30)31)39-23(34-25)15-37-21-8-4-18(5-9-21)17(3)12-24(35)36/h4-11,13-14,16-17H,12,15H2,1-3H3,(H,35,36). The van der Waals surface area contributed by atoms with Gasteiger partial charge in [-0.2, -0.15) is 0 Å². The van der Waals surface area contributed by atoms with Gasteiger partial charge in [0.15, 0.2) is 12.4 Å². The summed E-state index contributed by atoms with van der Waals surface area (Å²) in [6.45, 7) is 5.46. The number of carbonyl (C=O) groups is 1. The zero-order valence-corrected chi connectivity index (χ0v) is 21.8. The SMILES string of the molecule is CC(C)Oc1ncc(-c2nc(COc3ccc(C(C)CC(=O)O)cc3)oc2-c2ccc(OC(F)(F)F)cc2)cn1. The minimum atomic E-state index is -4.81. The van der Waals surface area contributed by atoms with Crippen LogP contribution in [0.15, 0.2) is 65.3 Å². The Hall–Kier alpha value is -4.61. The Labute approximate surface area is 227 Å². The Kier molecular flexibility index (Phi) is 8.56. The Bertz CT molecular complexity index is 1420. The molecule has 1 unspecified atom stereocenters. The minimum Gasteiger partial charge on any atom is -0.484 e. The van der Waals surface area contributed by atoms with Crippen LogP contribution in [0.2, 0.25) is 0 Å². The van der Waals surface area contributed by atoms with Crippen molar-refractivity contribution in [1.29, 1.82) is 0 Å². The van der Waals surface area contributed by atoms with Crippen LogP contribution in [0.3, 0.4) is 0 Å². The molecule has 40 heavy (non-hydrogen) atoms. The fourth-order valence-electron chi connectivity index (χ4n) is 3.75. The van der Waals surface area contributed by atoms with Gasteiger partial charge < -0.3 is 23.7 Å². The molecule has 0 fully saturated rings. The lowest BCUT2D eigenvalue weighted by Crippen LogP contribution is -2.16. The highest BCUT2D eigenvalue weighted by Crippen LogP contribution is 2.34. The number of aliphatic carboxylic acids is 1. The highest BCUT2D eigenvalue weighted by Gasteiger charge is 2.31. The van der Waals surface area contributed by atoms with E-state index in [-0.39, 0.29) is 48.5 Å². The first kappa shape index (κ1) is 28.4. The first-order valence-electron chi connectivity index (χ1n) is 12.3. The van der Waals surface area contributed by atoms with E-state index < -0.39 is 12.3 Å². The maximum absolute atomic E-state index is 12.6. The number of ether oxygens (including phenoxy) is 3. The van der Waals surface area contributed by atoms with Gasteiger partial charge in [0.2, 0.25) is 5.89 Å². The number of carboxylic acids is 1. The van der Waals surface area contributed by atoms with Crippen LogP contribution in [0.5, 0.6) is 17.5 Å². The molecule has 0 bridgehead atoms. The number of oxazole rings is 1. The number of aromatic nitrogens is 3. The lowest BCUT2D eigenvalue weighted by Gasteiger charge is -2.10. The molecular weight excluding hydrogens is 531 g/mol. The Morgan fingerprint density at radius 1 is 0.950 bits per heavy atom. The van der Waals surface area contributed by atoms with Crippen molar-refractivity contribution in [2.45, 2.75) is 52.2 Å². The van der Waals surface area contributed by atoms with Crippen LogP contribution in [0.1, 0.15) is 44.6 Å². The van der Waals surface area contributed by atoms with Crippen LogP contribution in [0.4, 0.5) is 13.2 Å². The molecule has 0 amide bonds. The van der Waals surface area contributed by atoms with E-state index in [4.69, 9.17) is 19.0 Å². The fraction of sp³-hybridized carbons (Fsp3) is 0.286. The van der Waals surface area contributed by atoms with Crippen LogP contribution in [0.25, 0.3) is 22.6 Å². The molecule has 1 atom stereocenters. The average molecular weight is 558 g/mol. The molecule has 4 rings (SSSR count). The smallest absolute Gasteiger partial charge is 0.484 e. The van der Waals surface area contributed by atoms with E-state index in [1.807, 2.05) is 20.8 Å². The van der Waals surface area contributed by atoms with Gasteiger partial charge in [-0.1, -0.05) is 19.1 Å². The lowest BCUT2D eigenvalue weighted by molar-refractivity contribution is -0.274. The van der Waals surface area contributed by atoms with E-state index in [0.717, 1.165) is 5.56 Å². The third-order valence-electron chi connectivity index (χ3n) is 5.56. The second kappa shape index (κ2) is 12.1. The summed E-state index contributed by atoms with van der Waals surface area (Å²) < 4.78 is 59.0. The third kappa shape index (κ3) is 7.71. The van der Waals surface area contributed by atoms with Crippen molar-refractivity contribution in [2.24, 2.45) is 0 Å². The molecule has 2 heterocycles. The fourth-order valence-corrected chi connectivity index (χ4v) is 3.75. The summed E-state index contributed by atoms with van der Waals surface area (Å²) in [5.41, 5.74) is 2.16. The zero-order valence-electron chi connectivity index (χ0n) is 21.8. The summed E-state index contributed by atoms with van der Waals surface area (Å²) in [6, 6.07) is 12.4. The Morgan fingerprint density at radius 2 is 1.57 bits per heavy atom. The van der Waals surface area contributed by atoms with Crippen LogP contribution in [0, 0.1) is 0 Å². The molecule has 9 nitrogen and oxygen atoms in total. The molecule has 0 aliphatic rings. The van der Waals surface area contributed by atoms with Crippen molar-refractivity contribution < 1.29 is 41.7 Å². The monoisotopic (exact) mass is 557 g/mol. The number of nitrogens with zero attached hydrogens (tertiary/aromatic N) is 3. The third-order valence-corrected chi connectivity index (χ3v) is 5.56. The van der Waals surface area contributed by atoms with E-state index in [2.05, 4.69) is 19.7 Å². The summed E-state index contributed by atoms with van der Waals surface area (Å²) >= 11 is 0. The number of rotatable bonds is 11. The molecule has 210 valence electrons. The van der Waals surface area contributed by atoms with Gasteiger partial charge in [-0.05, 0) is 61.7 Å². The molecule has 4 aromatic rings. The van der Waals surface area contributed by atoms with Crippen LogP contribution in [-0.4, -0.2) is 38.5 Å². The zero-order chi connectivity index (χ0) is 28.9. The summed E-state index contributed by atoms with van der Waals surface area (Å²) in [5.74, 6) is -0.419. The number of hydrogen-bond acceptors (Lipinski definition) is 8.